The van der Waals surface area contributed by atoms with Crippen LogP contribution in [0.15, 0.2) is 24.3 Å². The smallest absolute Gasteiger partial charge is 0.236 e. The third-order valence-electron chi connectivity index (χ3n) is 3.79. The van der Waals surface area contributed by atoms with Crippen molar-refractivity contribution in [3.63, 3.8) is 0 Å². The molecule has 2 rings (SSSR count). The van der Waals surface area contributed by atoms with Gasteiger partial charge in [0, 0.05) is 32.7 Å². The van der Waals surface area contributed by atoms with Crippen molar-refractivity contribution in [3.8, 4) is 0 Å². The highest BCUT2D eigenvalue weighted by Crippen LogP contribution is 2.22. The molecule has 1 aromatic carbocycles. The molecule has 1 aliphatic rings. The number of aryl methyl sites for hydroxylation is 1. The number of nitrogens with two attached hydrogens (primary N) is 1. The Morgan fingerprint density at radius 1 is 1.37 bits per heavy atom. The van der Waals surface area contributed by atoms with E-state index in [1.165, 1.54) is 11.1 Å². The molecule has 0 bridgehead atoms. The Labute approximate surface area is 115 Å². The van der Waals surface area contributed by atoms with Gasteiger partial charge in [-0.2, -0.15) is 0 Å². The second-order valence-electron chi connectivity index (χ2n) is 5.30. The average Bonchev–Trinajstić information content (AvgIpc) is 2.54. The van der Waals surface area contributed by atoms with Gasteiger partial charge >= 0.3 is 0 Å². The summed E-state index contributed by atoms with van der Waals surface area (Å²) in [6.45, 7) is 4.84. The first-order valence-corrected chi connectivity index (χ1v) is 6.86. The van der Waals surface area contributed by atoms with Crippen LogP contribution in [-0.2, 0) is 4.79 Å². The quantitative estimate of drug-likeness (QED) is 0.888. The van der Waals surface area contributed by atoms with Crippen LogP contribution < -0.4 is 5.73 Å². The molecule has 1 atom stereocenters. The standard InChI is InChI=1S/C15H23N3O/c1-12-5-3-6-13(9-12)14(10-16)18-8-4-7-17(2)15(19)11-18/h3,5-6,9,14H,4,7-8,10-11,16H2,1-2H3. The summed E-state index contributed by atoms with van der Waals surface area (Å²) < 4.78 is 0. The van der Waals surface area contributed by atoms with E-state index in [1.807, 2.05) is 11.9 Å². The number of amides is 1. The predicted molar refractivity (Wildman–Crippen MR) is 76.8 cm³/mol. The van der Waals surface area contributed by atoms with Crippen LogP contribution in [0.4, 0.5) is 0 Å². The summed E-state index contributed by atoms with van der Waals surface area (Å²) >= 11 is 0. The number of carbonyl (C=O) groups is 1. The van der Waals surface area contributed by atoms with Crippen molar-refractivity contribution in [3.05, 3.63) is 35.4 Å². The van der Waals surface area contributed by atoms with E-state index in [4.69, 9.17) is 5.73 Å². The zero-order chi connectivity index (χ0) is 13.8. The summed E-state index contributed by atoms with van der Waals surface area (Å²) in [4.78, 5) is 16.0. The van der Waals surface area contributed by atoms with Crippen LogP contribution in [0.3, 0.4) is 0 Å². The van der Waals surface area contributed by atoms with E-state index >= 15 is 0 Å². The Morgan fingerprint density at radius 2 is 2.16 bits per heavy atom. The van der Waals surface area contributed by atoms with Crippen LogP contribution in [0, 0.1) is 6.92 Å². The van der Waals surface area contributed by atoms with Crippen molar-refractivity contribution in [2.75, 3.05) is 33.2 Å². The van der Waals surface area contributed by atoms with Gasteiger partial charge in [-0.25, -0.2) is 0 Å². The molecule has 104 valence electrons. The van der Waals surface area contributed by atoms with Gasteiger partial charge in [-0.15, -0.1) is 0 Å². The molecule has 1 aliphatic heterocycles. The Kier molecular flexibility index (Phi) is 4.56. The zero-order valence-corrected chi connectivity index (χ0v) is 11.8. The van der Waals surface area contributed by atoms with Gasteiger partial charge in [0.2, 0.25) is 5.91 Å². The molecule has 1 fully saturated rings. The van der Waals surface area contributed by atoms with Crippen molar-refractivity contribution < 1.29 is 4.79 Å². The molecule has 1 aromatic rings. The van der Waals surface area contributed by atoms with E-state index in [1.54, 1.807) is 0 Å². The lowest BCUT2D eigenvalue weighted by Gasteiger charge is -2.29. The Morgan fingerprint density at radius 3 is 2.84 bits per heavy atom. The Bertz CT molecular complexity index is 447. The van der Waals surface area contributed by atoms with Gasteiger partial charge in [0.25, 0.3) is 0 Å². The van der Waals surface area contributed by atoms with Gasteiger partial charge in [0.1, 0.15) is 0 Å². The first-order chi connectivity index (χ1) is 9.11. The lowest BCUT2D eigenvalue weighted by Crippen LogP contribution is -2.39. The number of carbonyl (C=O) groups excluding carboxylic acids is 1. The van der Waals surface area contributed by atoms with E-state index in [0.29, 0.717) is 13.1 Å². The fourth-order valence-electron chi connectivity index (χ4n) is 2.65. The van der Waals surface area contributed by atoms with Crippen LogP contribution in [0.5, 0.6) is 0 Å². The topological polar surface area (TPSA) is 49.6 Å². The summed E-state index contributed by atoms with van der Waals surface area (Å²) in [5.41, 5.74) is 8.39. The maximum Gasteiger partial charge on any atom is 0.236 e. The lowest BCUT2D eigenvalue weighted by molar-refractivity contribution is -0.130. The molecule has 0 spiro atoms. The Hall–Kier alpha value is -1.39. The normalized spacial score (nSPS) is 19.3. The molecule has 0 radical (unpaired) electrons. The van der Waals surface area contributed by atoms with Crippen molar-refractivity contribution >= 4 is 5.91 Å². The number of likely N-dealkylation sites (N-methyl/N-ethyl adjacent to an activating group) is 1. The number of nitrogens with zero attached hydrogens (tertiary/aromatic N) is 2. The average molecular weight is 261 g/mol. The Balaban J connectivity index is 2.19. The molecule has 4 nitrogen and oxygen atoms in total. The molecule has 1 saturated heterocycles. The third-order valence-corrected chi connectivity index (χ3v) is 3.79. The minimum absolute atomic E-state index is 0.135. The van der Waals surface area contributed by atoms with Gasteiger partial charge in [-0.3, -0.25) is 9.69 Å². The maximum atomic E-state index is 12.0. The second-order valence-corrected chi connectivity index (χ2v) is 5.30. The van der Waals surface area contributed by atoms with E-state index in [0.717, 1.165) is 19.5 Å². The minimum atomic E-state index is 0.135. The van der Waals surface area contributed by atoms with Crippen molar-refractivity contribution in [1.29, 1.82) is 0 Å². The van der Waals surface area contributed by atoms with Crippen molar-refractivity contribution in [1.82, 2.24) is 9.80 Å². The molecule has 0 saturated carbocycles. The lowest BCUT2D eigenvalue weighted by atomic mass is 10.0. The van der Waals surface area contributed by atoms with E-state index in [2.05, 4.69) is 36.1 Å². The summed E-state index contributed by atoms with van der Waals surface area (Å²) in [6.07, 6.45) is 1.00. The first-order valence-electron chi connectivity index (χ1n) is 6.86. The monoisotopic (exact) mass is 261 g/mol. The molecular weight excluding hydrogens is 238 g/mol. The van der Waals surface area contributed by atoms with Gasteiger partial charge in [0.05, 0.1) is 6.54 Å². The molecule has 2 N–H and O–H groups in total. The number of benzene rings is 1. The number of rotatable bonds is 3. The number of hydrogen-bond donors (Lipinski definition) is 1. The van der Waals surface area contributed by atoms with Crippen LogP contribution in [0.2, 0.25) is 0 Å². The fourth-order valence-corrected chi connectivity index (χ4v) is 2.65. The fraction of sp³-hybridized carbons (Fsp3) is 0.533. The van der Waals surface area contributed by atoms with Crippen LogP contribution in [0.1, 0.15) is 23.6 Å². The second kappa shape index (κ2) is 6.17. The largest absolute Gasteiger partial charge is 0.345 e. The molecule has 1 heterocycles. The highest BCUT2D eigenvalue weighted by atomic mass is 16.2. The maximum absolute atomic E-state index is 12.0. The van der Waals surface area contributed by atoms with E-state index < -0.39 is 0 Å². The van der Waals surface area contributed by atoms with Crippen LogP contribution in [0.25, 0.3) is 0 Å². The first kappa shape index (κ1) is 14.0. The van der Waals surface area contributed by atoms with E-state index in [-0.39, 0.29) is 11.9 Å². The third kappa shape index (κ3) is 3.33. The molecule has 4 heteroatoms. The molecule has 1 amide bonds. The highest BCUT2D eigenvalue weighted by Gasteiger charge is 2.25. The SMILES string of the molecule is Cc1cccc(C(CN)N2CCCN(C)C(=O)C2)c1. The zero-order valence-electron chi connectivity index (χ0n) is 11.8. The van der Waals surface area contributed by atoms with Gasteiger partial charge in [-0.1, -0.05) is 29.8 Å². The summed E-state index contributed by atoms with van der Waals surface area (Å²) in [7, 11) is 1.87. The number of hydrogen-bond acceptors (Lipinski definition) is 3. The van der Waals surface area contributed by atoms with Gasteiger partial charge in [0.15, 0.2) is 0 Å². The van der Waals surface area contributed by atoms with Crippen molar-refractivity contribution in [2.45, 2.75) is 19.4 Å². The summed E-state index contributed by atoms with van der Waals surface area (Å²) in [5.74, 6) is 0.184. The van der Waals surface area contributed by atoms with Crippen LogP contribution in [-0.4, -0.2) is 48.9 Å². The molecular formula is C15H23N3O. The minimum Gasteiger partial charge on any atom is -0.345 e. The van der Waals surface area contributed by atoms with E-state index in [9.17, 15) is 4.79 Å². The molecule has 0 aromatic heterocycles. The summed E-state index contributed by atoms with van der Waals surface area (Å²) in [5, 5.41) is 0. The summed E-state index contributed by atoms with van der Waals surface area (Å²) in [6, 6.07) is 8.54. The van der Waals surface area contributed by atoms with Crippen LogP contribution >= 0.6 is 0 Å². The molecule has 1 unspecified atom stereocenters. The van der Waals surface area contributed by atoms with Gasteiger partial charge in [-0.05, 0) is 18.9 Å². The highest BCUT2D eigenvalue weighted by molar-refractivity contribution is 5.78. The molecule has 0 aliphatic carbocycles. The molecule has 19 heavy (non-hydrogen) atoms. The van der Waals surface area contributed by atoms with Gasteiger partial charge < -0.3 is 10.6 Å². The van der Waals surface area contributed by atoms with Crippen molar-refractivity contribution in [2.24, 2.45) is 5.73 Å². The predicted octanol–water partition coefficient (Wildman–Crippen LogP) is 1.16.